The summed E-state index contributed by atoms with van der Waals surface area (Å²) in [6.07, 6.45) is 0. The molecule has 0 fully saturated rings. The Morgan fingerprint density at radius 2 is 1.00 bits per heavy atom. The third kappa shape index (κ3) is 3.64. The Morgan fingerprint density at radius 3 is 1.35 bits per heavy atom. The van der Waals surface area contributed by atoms with E-state index >= 15 is 0 Å². The lowest BCUT2D eigenvalue weighted by Crippen LogP contribution is -2.45. The first-order valence-electron chi connectivity index (χ1n) is 5.82. The molecule has 0 bridgehead atoms. The number of anilines is 2. The summed E-state index contributed by atoms with van der Waals surface area (Å²) >= 11 is 0. The number of benzene rings is 2. The molecule has 0 aliphatic rings. The van der Waals surface area contributed by atoms with Gasteiger partial charge in [-0.3, -0.25) is 0 Å². The molecule has 17 heavy (non-hydrogen) atoms. The van der Waals surface area contributed by atoms with Gasteiger partial charge in [0, 0.05) is 11.4 Å². The minimum atomic E-state index is -1.68. The van der Waals surface area contributed by atoms with Crippen molar-refractivity contribution in [1.82, 2.24) is 0 Å². The highest BCUT2D eigenvalue weighted by Crippen LogP contribution is 2.15. The van der Waals surface area contributed by atoms with E-state index in [9.17, 15) is 0 Å². The zero-order valence-electron chi connectivity index (χ0n) is 10.3. The van der Waals surface area contributed by atoms with E-state index in [1.807, 2.05) is 12.1 Å². The molecule has 2 aromatic rings. The lowest BCUT2D eigenvalue weighted by Gasteiger charge is -2.27. The number of nitrogens with one attached hydrogen (secondary N) is 2. The van der Waals surface area contributed by atoms with E-state index < -0.39 is 8.40 Å². The second-order valence-electron chi connectivity index (χ2n) is 4.61. The van der Waals surface area contributed by atoms with Gasteiger partial charge in [-0.2, -0.15) is 0 Å². The third-order valence-electron chi connectivity index (χ3n) is 2.46. The van der Waals surface area contributed by atoms with Gasteiger partial charge in [-0.05, 0) is 37.4 Å². The summed E-state index contributed by atoms with van der Waals surface area (Å²) in [5.74, 6) is 0. The molecule has 0 radical (unpaired) electrons. The van der Waals surface area contributed by atoms with Gasteiger partial charge in [-0.15, -0.1) is 0 Å². The van der Waals surface area contributed by atoms with Crippen molar-refractivity contribution in [3.63, 3.8) is 0 Å². The van der Waals surface area contributed by atoms with Crippen LogP contribution in [0.25, 0.3) is 0 Å². The molecule has 0 saturated heterocycles. The van der Waals surface area contributed by atoms with Gasteiger partial charge in [0.2, 0.25) is 0 Å². The quantitative estimate of drug-likeness (QED) is 0.794. The topological polar surface area (TPSA) is 24.1 Å². The molecule has 0 aliphatic heterocycles. The molecule has 0 amide bonds. The molecule has 88 valence electrons. The lowest BCUT2D eigenvalue weighted by atomic mass is 10.3. The standard InChI is InChI=1S/C14H18N2Si/c1-17(2,15-13-9-5-3-6-10-13)16-14-11-7-4-8-12-14/h3-12,15-16H,1-2H3. The zero-order chi connectivity index (χ0) is 12.1. The van der Waals surface area contributed by atoms with E-state index in [1.165, 1.54) is 11.4 Å². The molecule has 0 aliphatic carbocycles. The van der Waals surface area contributed by atoms with Gasteiger partial charge < -0.3 is 9.96 Å². The Morgan fingerprint density at radius 1 is 0.647 bits per heavy atom. The van der Waals surface area contributed by atoms with E-state index in [-0.39, 0.29) is 0 Å². The summed E-state index contributed by atoms with van der Waals surface area (Å²) in [5, 5.41) is 0. The van der Waals surface area contributed by atoms with Crippen LogP contribution < -0.4 is 9.96 Å². The molecule has 0 atom stereocenters. The first-order chi connectivity index (χ1) is 8.16. The van der Waals surface area contributed by atoms with Crippen molar-refractivity contribution in [2.75, 3.05) is 9.96 Å². The fourth-order valence-corrected chi connectivity index (χ4v) is 3.64. The Kier molecular flexibility index (Phi) is 3.49. The van der Waals surface area contributed by atoms with Gasteiger partial charge in [0.15, 0.2) is 0 Å². The van der Waals surface area contributed by atoms with E-state index in [0.29, 0.717) is 0 Å². The highest BCUT2D eigenvalue weighted by Gasteiger charge is 2.21. The van der Waals surface area contributed by atoms with Gasteiger partial charge in [-0.1, -0.05) is 36.4 Å². The molecule has 2 rings (SSSR count). The van der Waals surface area contributed by atoms with Crippen molar-refractivity contribution >= 4 is 19.8 Å². The van der Waals surface area contributed by atoms with Crippen LogP contribution in [0.15, 0.2) is 60.7 Å². The summed E-state index contributed by atoms with van der Waals surface area (Å²) in [6.45, 7) is 4.51. The molecule has 0 aromatic heterocycles. The van der Waals surface area contributed by atoms with E-state index in [0.717, 1.165) is 0 Å². The molecule has 2 aromatic carbocycles. The Bertz CT molecular complexity index is 411. The van der Waals surface area contributed by atoms with Crippen LogP contribution in [-0.4, -0.2) is 8.40 Å². The summed E-state index contributed by atoms with van der Waals surface area (Å²) in [4.78, 5) is 7.19. The van der Waals surface area contributed by atoms with Crippen molar-refractivity contribution in [1.29, 1.82) is 0 Å². The third-order valence-corrected chi connectivity index (χ3v) is 4.29. The van der Waals surface area contributed by atoms with Crippen molar-refractivity contribution in [2.24, 2.45) is 0 Å². The number of hydrogen-bond donors (Lipinski definition) is 2. The highest BCUT2D eigenvalue weighted by molar-refractivity contribution is 6.83. The molecular weight excluding hydrogens is 224 g/mol. The van der Waals surface area contributed by atoms with Crippen molar-refractivity contribution in [3.05, 3.63) is 60.7 Å². The molecule has 0 heterocycles. The molecule has 3 heteroatoms. The zero-order valence-corrected chi connectivity index (χ0v) is 11.3. The minimum Gasteiger partial charge on any atom is -0.395 e. The van der Waals surface area contributed by atoms with Crippen molar-refractivity contribution in [3.8, 4) is 0 Å². The average Bonchev–Trinajstić information content (AvgIpc) is 2.30. The number of hydrogen-bond acceptors (Lipinski definition) is 2. The monoisotopic (exact) mass is 242 g/mol. The first-order valence-corrected chi connectivity index (χ1v) is 8.82. The second kappa shape index (κ2) is 5.06. The fraction of sp³-hybridized carbons (Fsp3) is 0.143. The number of rotatable bonds is 4. The molecule has 0 spiro atoms. The van der Waals surface area contributed by atoms with Crippen LogP contribution >= 0.6 is 0 Å². The van der Waals surface area contributed by atoms with E-state index in [1.54, 1.807) is 0 Å². The summed E-state index contributed by atoms with van der Waals surface area (Å²) in [5.41, 5.74) is 2.35. The molecule has 0 saturated carbocycles. The number of para-hydroxylation sites is 2. The Labute approximate surface area is 104 Å². The largest absolute Gasteiger partial charge is 0.395 e. The van der Waals surface area contributed by atoms with Crippen LogP contribution in [0.5, 0.6) is 0 Å². The maximum absolute atomic E-state index is 3.59. The van der Waals surface area contributed by atoms with Gasteiger partial charge in [0.1, 0.15) is 0 Å². The maximum Gasteiger partial charge on any atom is 0.252 e. The van der Waals surface area contributed by atoms with Crippen LogP contribution in [0, 0.1) is 0 Å². The predicted octanol–water partition coefficient (Wildman–Crippen LogP) is 3.91. The van der Waals surface area contributed by atoms with Gasteiger partial charge in [0.05, 0.1) is 0 Å². The van der Waals surface area contributed by atoms with E-state index in [2.05, 4.69) is 71.6 Å². The normalized spacial score (nSPS) is 10.9. The molecule has 2 N–H and O–H groups in total. The Hall–Kier alpha value is -1.74. The van der Waals surface area contributed by atoms with Gasteiger partial charge in [-0.25, -0.2) is 0 Å². The first kappa shape index (κ1) is 11.7. The lowest BCUT2D eigenvalue weighted by molar-refractivity contribution is 1.52. The van der Waals surface area contributed by atoms with Crippen LogP contribution in [0.2, 0.25) is 13.1 Å². The van der Waals surface area contributed by atoms with Crippen LogP contribution in [0.1, 0.15) is 0 Å². The van der Waals surface area contributed by atoms with Crippen LogP contribution in [0.4, 0.5) is 11.4 Å². The maximum atomic E-state index is 3.59. The van der Waals surface area contributed by atoms with Gasteiger partial charge in [0.25, 0.3) is 8.40 Å². The highest BCUT2D eigenvalue weighted by atomic mass is 28.3. The average molecular weight is 242 g/mol. The summed E-state index contributed by atoms with van der Waals surface area (Å²) in [7, 11) is -1.68. The minimum absolute atomic E-state index is 1.17. The van der Waals surface area contributed by atoms with Crippen LogP contribution in [-0.2, 0) is 0 Å². The smallest absolute Gasteiger partial charge is 0.252 e. The fourth-order valence-electron chi connectivity index (χ4n) is 1.80. The second-order valence-corrected chi connectivity index (χ2v) is 8.36. The summed E-state index contributed by atoms with van der Waals surface area (Å²) < 4.78 is 0. The SMILES string of the molecule is C[Si](C)(Nc1ccccc1)Nc1ccccc1. The molecule has 0 unspecified atom stereocenters. The van der Waals surface area contributed by atoms with E-state index in [4.69, 9.17) is 0 Å². The summed E-state index contributed by atoms with van der Waals surface area (Å²) in [6, 6.07) is 20.7. The molecule has 2 nitrogen and oxygen atoms in total. The van der Waals surface area contributed by atoms with Crippen LogP contribution in [0.3, 0.4) is 0 Å². The van der Waals surface area contributed by atoms with Gasteiger partial charge >= 0.3 is 0 Å². The van der Waals surface area contributed by atoms with Crippen molar-refractivity contribution < 1.29 is 0 Å². The van der Waals surface area contributed by atoms with Crippen molar-refractivity contribution in [2.45, 2.75) is 13.1 Å². The molecular formula is C14H18N2Si. The Balaban J connectivity index is 2.04. The predicted molar refractivity (Wildman–Crippen MR) is 77.6 cm³/mol.